The fourth-order valence-corrected chi connectivity index (χ4v) is 2.97. The second-order valence-corrected chi connectivity index (χ2v) is 5.55. The summed E-state index contributed by atoms with van der Waals surface area (Å²) < 4.78 is 2.02. The second kappa shape index (κ2) is 6.06. The molecule has 0 bridgehead atoms. The van der Waals surface area contributed by atoms with E-state index in [0.29, 0.717) is 11.8 Å². The first-order chi connectivity index (χ1) is 7.51. The van der Waals surface area contributed by atoms with E-state index in [4.69, 9.17) is 11.6 Å². The average molecular weight is 308 g/mol. The summed E-state index contributed by atoms with van der Waals surface area (Å²) in [5.74, 6) is 1.26. The van der Waals surface area contributed by atoms with Crippen molar-refractivity contribution in [3.63, 3.8) is 0 Å². The largest absolute Gasteiger partial charge is 0.268 e. The van der Waals surface area contributed by atoms with Crippen LogP contribution in [-0.4, -0.2) is 15.1 Å². The van der Waals surface area contributed by atoms with Crippen LogP contribution in [0.25, 0.3) is 0 Å². The zero-order valence-electron chi connectivity index (χ0n) is 10.4. The Labute approximate surface area is 111 Å². The molecule has 1 heterocycles. The lowest BCUT2D eigenvalue weighted by atomic mass is 9.93. The van der Waals surface area contributed by atoms with E-state index in [0.717, 1.165) is 29.0 Å². The molecule has 1 aromatic rings. The highest BCUT2D eigenvalue weighted by atomic mass is 79.9. The number of aryl methyl sites for hydroxylation is 2. The van der Waals surface area contributed by atoms with Gasteiger partial charge in [-0.05, 0) is 32.1 Å². The lowest BCUT2D eigenvalue weighted by Crippen LogP contribution is -2.16. The molecule has 0 saturated heterocycles. The molecule has 16 heavy (non-hydrogen) atoms. The molecule has 0 saturated carbocycles. The minimum absolute atomic E-state index is 0.610. The lowest BCUT2D eigenvalue weighted by molar-refractivity contribution is 0.413. The third-order valence-corrected chi connectivity index (χ3v) is 4.37. The van der Waals surface area contributed by atoms with Crippen molar-refractivity contribution in [2.75, 3.05) is 5.33 Å². The third kappa shape index (κ3) is 3.01. The molecule has 1 atom stereocenters. The van der Waals surface area contributed by atoms with Crippen molar-refractivity contribution in [3.05, 3.63) is 16.4 Å². The zero-order chi connectivity index (χ0) is 12.3. The van der Waals surface area contributed by atoms with Crippen LogP contribution in [0.2, 0.25) is 5.02 Å². The Morgan fingerprint density at radius 1 is 1.44 bits per heavy atom. The minimum Gasteiger partial charge on any atom is -0.268 e. The smallest absolute Gasteiger partial charge is 0.0847 e. The molecule has 1 rings (SSSR count). The van der Waals surface area contributed by atoms with E-state index in [-0.39, 0.29) is 0 Å². The molecular weight excluding hydrogens is 288 g/mol. The number of rotatable bonds is 5. The standard InChI is InChI=1S/C12H20BrClN2/c1-5-16-11(12(14)9(4)15-16)6-10(7-13)8(2)3/h8,10H,5-7H2,1-4H3. The van der Waals surface area contributed by atoms with Crippen LogP contribution in [0, 0.1) is 18.8 Å². The summed E-state index contributed by atoms with van der Waals surface area (Å²) in [7, 11) is 0. The van der Waals surface area contributed by atoms with Gasteiger partial charge < -0.3 is 0 Å². The van der Waals surface area contributed by atoms with Crippen molar-refractivity contribution in [1.29, 1.82) is 0 Å². The highest BCUT2D eigenvalue weighted by Gasteiger charge is 2.19. The van der Waals surface area contributed by atoms with Crippen molar-refractivity contribution in [2.45, 2.75) is 40.7 Å². The Morgan fingerprint density at radius 2 is 2.06 bits per heavy atom. The van der Waals surface area contributed by atoms with Gasteiger partial charge in [0.2, 0.25) is 0 Å². The Morgan fingerprint density at radius 3 is 2.50 bits per heavy atom. The molecule has 0 N–H and O–H groups in total. The van der Waals surface area contributed by atoms with Crippen molar-refractivity contribution in [1.82, 2.24) is 9.78 Å². The van der Waals surface area contributed by atoms with Gasteiger partial charge in [0.25, 0.3) is 0 Å². The van der Waals surface area contributed by atoms with Gasteiger partial charge in [0.1, 0.15) is 0 Å². The number of hydrogen-bond acceptors (Lipinski definition) is 1. The monoisotopic (exact) mass is 306 g/mol. The fourth-order valence-electron chi connectivity index (χ4n) is 1.78. The van der Waals surface area contributed by atoms with E-state index in [2.05, 4.69) is 41.8 Å². The van der Waals surface area contributed by atoms with Crippen LogP contribution < -0.4 is 0 Å². The summed E-state index contributed by atoms with van der Waals surface area (Å²) in [6.45, 7) is 9.45. The Kier molecular flexibility index (Phi) is 5.32. The molecule has 92 valence electrons. The van der Waals surface area contributed by atoms with Gasteiger partial charge in [0.15, 0.2) is 0 Å². The van der Waals surface area contributed by atoms with E-state index < -0.39 is 0 Å². The molecule has 0 fully saturated rings. The number of nitrogens with zero attached hydrogens (tertiary/aromatic N) is 2. The summed E-state index contributed by atoms with van der Waals surface area (Å²) >= 11 is 9.88. The molecular formula is C12H20BrClN2. The summed E-state index contributed by atoms with van der Waals surface area (Å²) in [6.07, 6.45) is 0.996. The molecule has 0 amide bonds. The maximum absolute atomic E-state index is 6.30. The van der Waals surface area contributed by atoms with E-state index >= 15 is 0 Å². The molecule has 0 aliphatic carbocycles. The summed E-state index contributed by atoms with van der Waals surface area (Å²) in [6, 6.07) is 0. The predicted octanol–water partition coefficient (Wildman–Crippen LogP) is 4.07. The molecule has 1 aromatic heterocycles. The number of alkyl halides is 1. The van der Waals surface area contributed by atoms with Crippen LogP contribution in [0.5, 0.6) is 0 Å². The summed E-state index contributed by atoms with van der Waals surface area (Å²) in [5.41, 5.74) is 2.12. The quantitative estimate of drug-likeness (QED) is 0.750. The Balaban J connectivity index is 2.94. The van der Waals surface area contributed by atoms with Gasteiger partial charge in [0, 0.05) is 11.9 Å². The van der Waals surface area contributed by atoms with Gasteiger partial charge in [-0.15, -0.1) is 0 Å². The second-order valence-electron chi connectivity index (χ2n) is 4.52. The van der Waals surface area contributed by atoms with Crippen LogP contribution in [0.3, 0.4) is 0 Å². The van der Waals surface area contributed by atoms with Gasteiger partial charge in [-0.3, -0.25) is 4.68 Å². The van der Waals surface area contributed by atoms with Crippen LogP contribution in [0.1, 0.15) is 32.2 Å². The van der Waals surface area contributed by atoms with Crippen molar-refractivity contribution < 1.29 is 0 Å². The van der Waals surface area contributed by atoms with Crippen molar-refractivity contribution in [3.8, 4) is 0 Å². The molecule has 0 radical (unpaired) electrons. The van der Waals surface area contributed by atoms with Crippen LogP contribution in [0.15, 0.2) is 0 Å². The number of halogens is 2. The van der Waals surface area contributed by atoms with E-state index in [1.165, 1.54) is 5.69 Å². The lowest BCUT2D eigenvalue weighted by Gasteiger charge is -2.18. The maximum Gasteiger partial charge on any atom is 0.0847 e. The van der Waals surface area contributed by atoms with Gasteiger partial charge in [-0.2, -0.15) is 5.10 Å². The molecule has 1 unspecified atom stereocenters. The van der Waals surface area contributed by atoms with Crippen LogP contribution in [-0.2, 0) is 13.0 Å². The van der Waals surface area contributed by atoms with Gasteiger partial charge >= 0.3 is 0 Å². The first kappa shape index (κ1) is 14.0. The Bertz CT molecular complexity index is 347. The van der Waals surface area contributed by atoms with E-state index in [1.54, 1.807) is 0 Å². The first-order valence-corrected chi connectivity index (χ1v) is 7.28. The predicted molar refractivity (Wildman–Crippen MR) is 73.5 cm³/mol. The summed E-state index contributed by atoms with van der Waals surface area (Å²) in [5, 5.41) is 6.29. The van der Waals surface area contributed by atoms with Gasteiger partial charge in [0.05, 0.1) is 16.4 Å². The van der Waals surface area contributed by atoms with Crippen molar-refractivity contribution >= 4 is 27.5 Å². The third-order valence-electron chi connectivity index (χ3n) is 3.05. The summed E-state index contributed by atoms with van der Waals surface area (Å²) in [4.78, 5) is 0. The molecule has 0 aliphatic heterocycles. The Hall–Kier alpha value is -0.0200. The van der Waals surface area contributed by atoms with Gasteiger partial charge in [-0.1, -0.05) is 41.4 Å². The fraction of sp³-hybridized carbons (Fsp3) is 0.750. The molecule has 0 spiro atoms. The normalized spacial score (nSPS) is 13.4. The highest BCUT2D eigenvalue weighted by Crippen LogP contribution is 2.26. The zero-order valence-corrected chi connectivity index (χ0v) is 12.8. The minimum atomic E-state index is 0.610. The SMILES string of the molecule is CCn1nc(C)c(Cl)c1CC(CBr)C(C)C. The first-order valence-electron chi connectivity index (χ1n) is 5.78. The molecule has 0 aliphatic rings. The molecule has 4 heteroatoms. The number of hydrogen-bond donors (Lipinski definition) is 0. The van der Waals surface area contributed by atoms with Crippen LogP contribution >= 0.6 is 27.5 Å². The van der Waals surface area contributed by atoms with Gasteiger partial charge in [-0.25, -0.2) is 0 Å². The highest BCUT2D eigenvalue weighted by molar-refractivity contribution is 9.09. The van der Waals surface area contributed by atoms with Crippen molar-refractivity contribution in [2.24, 2.45) is 11.8 Å². The number of aromatic nitrogens is 2. The molecule has 2 nitrogen and oxygen atoms in total. The molecule has 0 aromatic carbocycles. The average Bonchev–Trinajstić information content (AvgIpc) is 2.51. The van der Waals surface area contributed by atoms with E-state index in [9.17, 15) is 0 Å². The maximum atomic E-state index is 6.30. The van der Waals surface area contributed by atoms with Crippen LogP contribution in [0.4, 0.5) is 0 Å². The van der Waals surface area contributed by atoms with E-state index in [1.807, 2.05) is 11.6 Å². The topological polar surface area (TPSA) is 17.8 Å².